The number of benzene rings is 1. The molecule has 3 fully saturated rings. The lowest BCUT2D eigenvalue weighted by Crippen LogP contribution is -2.36. The van der Waals surface area contributed by atoms with Crippen LogP contribution in [-0.4, -0.2) is 64.5 Å². The summed E-state index contributed by atoms with van der Waals surface area (Å²) in [6, 6.07) is 6.67. The number of likely N-dealkylation sites (tertiary alicyclic amines) is 1. The van der Waals surface area contributed by atoms with Gasteiger partial charge in [-0.15, -0.1) is 11.8 Å². The molecule has 0 N–H and O–H groups in total. The first-order valence-corrected chi connectivity index (χ1v) is 19.5. The maximum Gasteiger partial charge on any atom is 0.410 e. The van der Waals surface area contributed by atoms with Crippen LogP contribution in [0.5, 0.6) is 0 Å². The van der Waals surface area contributed by atoms with E-state index in [1.807, 2.05) is 17.2 Å². The minimum Gasteiger partial charge on any atom is -0.449 e. The van der Waals surface area contributed by atoms with E-state index in [2.05, 4.69) is 58.3 Å². The van der Waals surface area contributed by atoms with Crippen LogP contribution in [0.4, 0.5) is 9.18 Å². The third kappa shape index (κ3) is 5.04. The van der Waals surface area contributed by atoms with Crippen molar-refractivity contribution in [3.8, 4) is 6.07 Å². The van der Waals surface area contributed by atoms with Crippen LogP contribution < -0.4 is 0 Å². The number of thioether (sulfide) groups is 1. The number of aryl methyl sites for hydroxylation is 1. The summed E-state index contributed by atoms with van der Waals surface area (Å²) in [4.78, 5) is 20.1. The van der Waals surface area contributed by atoms with E-state index in [1.54, 1.807) is 0 Å². The van der Waals surface area contributed by atoms with E-state index in [0.717, 1.165) is 57.1 Å². The van der Waals surface area contributed by atoms with Gasteiger partial charge in [0.2, 0.25) is 0 Å². The number of pyridine rings is 1. The molecule has 41 heavy (non-hydrogen) atoms. The number of rotatable bonds is 8. The number of ether oxygens (including phenoxy) is 1. The summed E-state index contributed by atoms with van der Waals surface area (Å²) < 4.78 is 24.6. The SMILES string of the molecule is CSc1nc2c(F)c(Br)c(CCC#N)cc2c2c1cc([C@H]1CCCN1C(=O)OCCS(C)(C)C)n2[C@@H]1[C@@H](C)C2C[C@@H]21. The molecule has 1 aliphatic heterocycles. The minimum absolute atomic E-state index is 0.0926. The van der Waals surface area contributed by atoms with Crippen LogP contribution in [-0.2, 0) is 11.2 Å². The Labute approximate surface area is 255 Å². The number of amides is 1. The highest BCUT2D eigenvalue weighted by atomic mass is 79.9. The van der Waals surface area contributed by atoms with E-state index in [1.165, 1.54) is 18.2 Å². The molecule has 0 bridgehead atoms. The lowest BCUT2D eigenvalue weighted by molar-refractivity contribution is 0.100. The van der Waals surface area contributed by atoms with Crippen LogP contribution in [0.3, 0.4) is 0 Å². The Morgan fingerprint density at radius 1 is 1.29 bits per heavy atom. The molecule has 6 rings (SSSR count). The molecule has 6 nitrogen and oxygen atoms in total. The normalized spacial score (nSPS) is 25.7. The maximum atomic E-state index is 15.9. The monoisotopic (exact) mass is 660 g/mol. The number of halogens is 2. The smallest absolute Gasteiger partial charge is 0.410 e. The summed E-state index contributed by atoms with van der Waals surface area (Å²) in [6.07, 6.45) is 12.2. The van der Waals surface area contributed by atoms with Gasteiger partial charge in [-0.05, 0) is 102 Å². The van der Waals surface area contributed by atoms with Crippen molar-refractivity contribution in [2.45, 2.75) is 56.1 Å². The number of fused-ring (bicyclic) bond motifs is 4. The Balaban J connectivity index is 1.52. The van der Waals surface area contributed by atoms with Gasteiger partial charge in [0.15, 0.2) is 5.82 Å². The zero-order chi connectivity index (χ0) is 29.2. The van der Waals surface area contributed by atoms with Crippen molar-refractivity contribution in [1.29, 1.82) is 5.26 Å². The molecule has 1 amide bonds. The second-order valence-corrected chi connectivity index (χ2v) is 18.9. The predicted molar refractivity (Wildman–Crippen MR) is 171 cm³/mol. The van der Waals surface area contributed by atoms with Gasteiger partial charge in [-0.2, -0.15) is 5.26 Å². The number of nitrogens with zero attached hydrogens (tertiary/aromatic N) is 4. The van der Waals surface area contributed by atoms with Crippen molar-refractivity contribution in [3.63, 3.8) is 0 Å². The van der Waals surface area contributed by atoms with Gasteiger partial charge in [0.25, 0.3) is 0 Å². The minimum atomic E-state index is -0.753. The Morgan fingerprint density at radius 3 is 2.73 bits per heavy atom. The largest absolute Gasteiger partial charge is 0.449 e. The molecular weight excluding hydrogens is 623 g/mol. The molecule has 3 aliphatic rings. The Hall–Kier alpha value is -1.96. The number of carbonyl (C=O) groups excluding carboxylic acids is 1. The van der Waals surface area contributed by atoms with Crippen molar-refractivity contribution in [2.24, 2.45) is 17.8 Å². The fourth-order valence-electron chi connectivity index (χ4n) is 7.12. The summed E-state index contributed by atoms with van der Waals surface area (Å²) >= 11 is 4.99. The van der Waals surface area contributed by atoms with E-state index in [4.69, 9.17) is 9.72 Å². The summed E-state index contributed by atoms with van der Waals surface area (Å²) in [5.74, 6) is 2.41. The topological polar surface area (TPSA) is 71.2 Å². The lowest BCUT2D eigenvalue weighted by Gasteiger charge is -2.38. The van der Waals surface area contributed by atoms with Crippen LogP contribution in [0, 0.1) is 34.9 Å². The highest BCUT2D eigenvalue weighted by Gasteiger charge is 2.60. The third-order valence-corrected chi connectivity index (χ3v) is 12.3. The summed E-state index contributed by atoms with van der Waals surface area (Å²) in [7, 11) is -0.753. The molecule has 2 saturated carbocycles. The molecule has 2 aliphatic carbocycles. The van der Waals surface area contributed by atoms with Gasteiger partial charge in [0, 0.05) is 41.2 Å². The highest BCUT2D eigenvalue weighted by Crippen LogP contribution is 2.67. The Bertz CT molecular complexity index is 1580. The fraction of sp³-hybridized carbons (Fsp3) is 0.581. The van der Waals surface area contributed by atoms with E-state index in [9.17, 15) is 10.1 Å². The zero-order valence-electron chi connectivity index (χ0n) is 24.4. The van der Waals surface area contributed by atoms with Gasteiger partial charge in [0.1, 0.15) is 17.1 Å². The van der Waals surface area contributed by atoms with Crippen LogP contribution >= 0.6 is 37.7 Å². The molecule has 1 saturated heterocycles. The highest BCUT2D eigenvalue weighted by molar-refractivity contribution is 9.10. The van der Waals surface area contributed by atoms with E-state index in [-0.39, 0.29) is 18.0 Å². The second kappa shape index (κ2) is 10.9. The van der Waals surface area contributed by atoms with E-state index >= 15 is 4.39 Å². The average Bonchev–Trinajstić information content (AvgIpc) is 3.24. The van der Waals surface area contributed by atoms with E-state index in [0.29, 0.717) is 53.9 Å². The van der Waals surface area contributed by atoms with Crippen LogP contribution in [0.25, 0.3) is 21.8 Å². The molecule has 0 spiro atoms. The van der Waals surface area contributed by atoms with Crippen LogP contribution in [0.1, 0.15) is 55.9 Å². The molecule has 5 atom stereocenters. The zero-order valence-corrected chi connectivity index (χ0v) is 27.6. The maximum absolute atomic E-state index is 15.9. The quantitative estimate of drug-likeness (QED) is 0.229. The number of carbonyl (C=O) groups is 1. The van der Waals surface area contributed by atoms with Gasteiger partial charge < -0.3 is 9.30 Å². The van der Waals surface area contributed by atoms with Crippen molar-refractivity contribution in [1.82, 2.24) is 14.5 Å². The molecule has 1 aromatic carbocycles. The second-order valence-electron chi connectivity index (χ2n) is 12.7. The molecule has 2 aromatic heterocycles. The average molecular weight is 662 g/mol. The Kier molecular flexibility index (Phi) is 7.78. The molecule has 0 radical (unpaired) electrons. The molecular formula is C31H38BrFN4O2S2. The van der Waals surface area contributed by atoms with Gasteiger partial charge in [-0.25, -0.2) is 24.2 Å². The van der Waals surface area contributed by atoms with E-state index < -0.39 is 10.0 Å². The van der Waals surface area contributed by atoms with Gasteiger partial charge >= 0.3 is 6.09 Å². The summed E-state index contributed by atoms with van der Waals surface area (Å²) in [5, 5.41) is 11.8. The van der Waals surface area contributed by atoms with Crippen LogP contribution in [0.2, 0.25) is 0 Å². The van der Waals surface area contributed by atoms with Gasteiger partial charge in [-0.1, -0.05) is 6.92 Å². The number of aromatic nitrogens is 2. The lowest BCUT2D eigenvalue weighted by atomic mass is 9.80. The Morgan fingerprint density at radius 2 is 2.07 bits per heavy atom. The van der Waals surface area contributed by atoms with Gasteiger partial charge in [-0.3, -0.25) is 4.90 Å². The van der Waals surface area contributed by atoms with Crippen molar-refractivity contribution in [3.05, 3.63) is 33.7 Å². The fourth-order valence-corrected chi connectivity index (χ4v) is 8.76. The first-order chi connectivity index (χ1) is 19.6. The standard InChI is InChI=1S/C31H38BrFN4O2S2/c1-17-19-15-20(19)28(17)37-24(23-9-7-11-36(23)31(38)39-12-13-41(3,4)5)16-22-29(37)21-14-18(8-6-10-34)25(32)26(33)27(21)35-30(22)40-2/h14,16-17,19-20,23,28H,6-9,11-13,15H2,1-5H3/t17-,19?,20-,23+,28+/m0/s1. The van der Waals surface area contributed by atoms with Crippen molar-refractivity contribution >= 4 is 65.6 Å². The summed E-state index contributed by atoms with van der Waals surface area (Å²) in [5.41, 5.74) is 3.26. The van der Waals surface area contributed by atoms with Crippen molar-refractivity contribution < 1.29 is 13.9 Å². The summed E-state index contributed by atoms with van der Waals surface area (Å²) in [6.45, 7) is 3.45. The van der Waals surface area contributed by atoms with Crippen LogP contribution in [0.15, 0.2) is 21.6 Å². The number of nitriles is 1. The third-order valence-electron chi connectivity index (χ3n) is 9.31. The molecule has 1 unspecified atom stereocenters. The van der Waals surface area contributed by atoms with Crippen molar-refractivity contribution in [2.75, 3.05) is 43.9 Å². The van der Waals surface area contributed by atoms with Gasteiger partial charge in [0.05, 0.1) is 22.1 Å². The first-order valence-electron chi connectivity index (χ1n) is 14.4. The number of hydrogen-bond donors (Lipinski definition) is 0. The molecule has 3 aromatic rings. The molecule has 3 heterocycles. The molecule has 10 heteroatoms. The first kappa shape index (κ1) is 29.1. The predicted octanol–water partition coefficient (Wildman–Crippen LogP) is 8.06. The number of hydrogen-bond acceptors (Lipinski definition) is 5. The molecule has 220 valence electrons.